The molecule has 0 aromatic carbocycles. The van der Waals surface area contributed by atoms with Gasteiger partial charge in [-0.25, -0.2) is 13.1 Å². The predicted molar refractivity (Wildman–Crippen MR) is 63.5 cm³/mol. The molecule has 2 unspecified atom stereocenters. The van der Waals surface area contributed by atoms with Crippen molar-refractivity contribution in [3.8, 4) is 0 Å². The van der Waals surface area contributed by atoms with E-state index < -0.39 is 10.0 Å². The van der Waals surface area contributed by atoms with E-state index in [9.17, 15) is 8.42 Å². The number of hydrogen-bond donors (Lipinski definition) is 1. The minimum atomic E-state index is -3.06. The quantitative estimate of drug-likeness (QED) is 0.805. The van der Waals surface area contributed by atoms with Crippen LogP contribution in [-0.4, -0.2) is 20.2 Å². The first kappa shape index (κ1) is 11.0. The second-order valence-corrected chi connectivity index (χ2v) is 8.67. The third kappa shape index (κ3) is 1.80. The van der Waals surface area contributed by atoms with E-state index in [0.717, 1.165) is 31.1 Å². The van der Waals surface area contributed by atoms with Crippen molar-refractivity contribution in [3.63, 3.8) is 0 Å². The molecule has 0 aliphatic heterocycles. The van der Waals surface area contributed by atoms with E-state index in [1.54, 1.807) is 0 Å². The average Bonchev–Trinajstić information content (AvgIpc) is 1.91. The Balaban J connectivity index is 1.92. The molecule has 4 heteroatoms. The molecule has 0 radical (unpaired) electrons. The molecule has 16 heavy (non-hydrogen) atoms. The summed E-state index contributed by atoms with van der Waals surface area (Å²) in [5, 5.41) is 0. The number of sulfonamides is 1. The highest BCUT2D eigenvalue weighted by molar-refractivity contribution is 7.88. The third-order valence-corrected chi connectivity index (χ3v) is 5.56. The Morgan fingerprint density at radius 2 is 1.69 bits per heavy atom. The van der Waals surface area contributed by atoms with Gasteiger partial charge in [0.25, 0.3) is 0 Å². The van der Waals surface area contributed by atoms with Crippen molar-refractivity contribution in [2.24, 2.45) is 17.3 Å². The molecule has 1 N–H and O–H groups in total. The minimum Gasteiger partial charge on any atom is -0.213 e. The van der Waals surface area contributed by atoms with Crippen molar-refractivity contribution in [2.75, 3.05) is 6.26 Å². The molecule has 0 aromatic heterocycles. The number of rotatable bonds is 2. The molecule has 4 fully saturated rings. The van der Waals surface area contributed by atoms with Crippen LogP contribution < -0.4 is 4.72 Å². The zero-order valence-electron chi connectivity index (χ0n) is 10.1. The molecule has 4 aliphatic rings. The first-order valence-corrected chi connectivity index (χ1v) is 8.16. The molecule has 4 rings (SSSR count). The van der Waals surface area contributed by atoms with Crippen molar-refractivity contribution in [3.05, 3.63) is 0 Å². The molecular formula is C12H21NO2S. The maximum atomic E-state index is 11.5. The van der Waals surface area contributed by atoms with E-state index in [1.165, 1.54) is 25.5 Å². The van der Waals surface area contributed by atoms with Crippen LogP contribution in [-0.2, 0) is 10.0 Å². The summed E-state index contributed by atoms with van der Waals surface area (Å²) in [5.41, 5.74) is 0.314. The lowest BCUT2D eigenvalue weighted by Gasteiger charge is -2.61. The maximum absolute atomic E-state index is 11.5. The smallest absolute Gasteiger partial charge is 0.209 e. The van der Waals surface area contributed by atoms with Gasteiger partial charge in [0.1, 0.15) is 0 Å². The Labute approximate surface area is 98.0 Å². The van der Waals surface area contributed by atoms with Crippen LogP contribution in [0.15, 0.2) is 0 Å². The van der Waals surface area contributed by atoms with Crippen molar-refractivity contribution in [1.82, 2.24) is 4.72 Å². The summed E-state index contributed by atoms with van der Waals surface area (Å²) in [4.78, 5) is 0. The highest BCUT2D eigenvalue weighted by Gasteiger charge is 2.56. The summed E-state index contributed by atoms with van der Waals surface area (Å²) in [5.74, 6) is 1.53. The predicted octanol–water partition coefficient (Wildman–Crippen LogP) is 1.89. The third-order valence-electron chi connectivity index (χ3n) is 4.76. The van der Waals surface area contributed by atoms with Crippen LogP contribution in [0.3, 0.4) is 0 Å². The molecule has 2 atom stereocenters. The summed E-state index contributed by atoms with van der Waals surface area (Å²) in [6.07, 6.45) is 8.47. The Kier molecular flexibility index (Phi) is 2.08. The highest BCUT2D eigenvalue weighted by Crippen LogP contribution is 2.61. The van der Waals surface area contributed by atoms with E-state index in [-0.39, 0.29) is 5.54 Å². The lowest BCUT2D eigenvalue weighted by atomic mass is 9.48. The fourth-order valence-electron chi connectivity index (χ4n) is 5.23. The average molecular weight is 243 g/mol. The normalized spacial score (nSPS) is 50.9. The first-order chi connectivity index (χ1) is 7.28. The van der Waals surface area contributed by atoms with Gasteiger partial charge in [-0.3, -0.25) is 0 Å². The van der Waals surface area contributed by atoms with E-state index in [0.29, 0.717) is 5.41 Å². The van der Waals surface area contributed by atoms with E-state index in [1.807, 2.05) is 0 Å². The zero-order chi connectivity index (χ0) is 11.6. The van der Waals surface area contributed by atoms with Gasteiger partial charge in [-0.2, -0.15) is 0 Å². The fourth-order valence-corrected chi connectivity index (χ4v) is 6.26. The molecule has 4 aliphatic carbocycles. The fraction of sp³-hybridized carbons (Fsp3) is 1.00. The lowest BCUT2D eigenvalue weighted by Crippen LogP contribution is -2.62. The van der Waals surface area contributed by atoms with Crippen molar-refractivity contribution in [1.29, 1.82) is 0 Å². The van der Waals surface area contributed by atoms with Crippen molar-refractivity contribution in [2.45, 2.75) is 51.0 Å². The van der Waals surface area contributed by atoms with Crippen LogP contribution in [0.5, 0.6) is 0 Å². The molecule has 4 bridgehead atoms. The van der Waals surface area contributed by atoms with Crippen molar-refractivity contribution < 1.29 is 8.42 Å². The molecule has 0 aromatic rings. The highest BCUT2D eigenvalue weighted by atomic mass is 32.2. The molecule has 4 saturated carbocycles. The number of nitrogens with one attached hydrogen (secondary N) is 1. The van der Waals surface area contributed by atoms with Gasteiger partial charge in [0, 0.05) is 5.54 Å². The largest absolute Gasteiger partial charge is 0.213 e. The maximum Gasteiger partial charge on any atom is 0.209 e. The second kappa shape index (κ2) is 3.02. The number of hydrogen-bond acceptors (Lipinski definition) is 2. The van der Waals surface area contributed by atoms with Crippen LogP contribution in [0.1, 0.15) is 45.4 Å². The standard InChI is InChI=1S/C12H21NO2S/c1-11-4-9-3-10(5-11)7-12(6-9,8-11)13-16(2,14)15/h9-10,13H,3-8H2,1-2H3. The Bertz CT molecular complexity index is 401. The van der Waals surface area contributed by atoms with E-state index >= 15 is 0 Å². The van der Waals surface area contributed by atoms with Gasteiger partial charge in [0.15, 0.2) is 0 Å². The van der Waals surface area contributed by atoms with Gasteiger partial charge in [0.2, 0.25) is 10.0 Å². The Morgan fingerprint density at radius 1 is 1.12 bits per heavy atom. The van der Waals surface area contributed by atoms with Crippen LogP contribution in [0, 0.1) is 17.3 Å². The van der Waals surface area contributed by atoms with Gasteiger partial charge in [-0.05, 0) is 55.8 Å². The van der Waals surface area contributed by atoms with Crippen LogP contribution in [0.2, 0.25) is 0 Å². The first-order valence-electron chi connectivity index (χ1n) is 6.27. The lowest BCUT2D eigenvalue weighted by molar-refractivity contribution is -0.0629. The van der Waals surface area contributed by atoms with E-state index in [2.05, 4.69) is 11.6 Å². The Hall–Kier alpha value is -0.0900. The summed E-state index contributed by atoms with van der Waals surface area (Å²) < 4.78 is 26.0. The molecule has 92 valence electrons. The Morgan fingerprint density at radius 3 is 2.12 bits per heavy atom. The summed E-state index contributed by atoms with van der Waals surface area (Å²) in [6, 6.07) is 0. The topological polar surface area (TPSA) is 46.2 Å². The monoisotopic (exact) mass is 243 g/mol. The van der Waals surface area contributed by atoms with Gasteiger partial charge in [-0.1, -0.05) is 6.92 Å². The SMILES string of the molecule is CC12CC3CC(C1)CC(NS(C)(=O)=O)(C3)C2. The van der Waals surface area contributed by atoms with Crippen LogP contribution in [0.4, 0.5) is 0 Å². The summed E-state index contributed by atoms with van der Waals surface area (Å²) in [6.45, 7) is 2.35. The molecule has 0 saturated heterocycles. The van der Waals surface area contributed by atoms with Gasteiger partial charge in [0.05, 0.1) is 6.26 Å². The minimum absolute atomic E-state index is 0.0909. The van der Waals surface area contributed by atoms with Gasteiger partial charge in [-0.15, -0.1) is 0 Å². The zero-order valence-corrected chi connectivity index (χ0v) is 10.9. The molecule has 0 amide bonds. The van der Waals surface area contributed by atoms with E-state index in [4.69, 9.17) is 0 Å². The van der Waals surface area contributed by atoms with Gasteiger partial charge < -0.3 is 0 Å². The summed E-state index contributed by atoms with van der Waals surface area (Å²) in [7, 11) is -3.06. The molecule has 0 heterocycles. The van der Waals surface area contributed by atoms with Crippen molar-refractivity contribution >= 4 is 10.0 Å². The van der Waals surface area contributed by atoms with Crippen LogP contribution >= 0.6 is 0 Å². The van der Waals surface area contributed by atoms with Gasteiger partial charge >= 0.3 is 0 Å². The van der Waals surface area contributed by atoms with Crippen LogP contribution in [0.25, 0.3) is 0 Å². The summed E-state index contributed by atoms with van der Waals surface area (Å²) >= 11 is 0. The molecule has 0 spiro atoms. The molecule has 3 nitrogen and oxygen atoms in total. The second-order valence-electron chi connectivity index (χ2n) is 6.93. The molecular weight excluding hydrogens is 222 g/mol.